The van der Waals surface area contributed by atoms with Crippen molar-refractivity contribution in [3.05, 3.63) is 51.5 Å². The molecule has 0 unspecified atom stereocenters. The van der Waals surface area contributed by atoms with E-state index < -0.39 is 11.7 Å². The summed E-state index contributed by atoms with van der Waals surface area (Å²) in [6.45, 7) is 3.01. The van der Waals surface area contributed by atoms with Crippen LogP contribution in [0.3, 0.4) is 0 Å². The van der Waals surface area contributed by atoms with Crippen LogP contribution in [0.1, 0.15) is 27.9 Å². The molecule has 4 nitrogen and oxygen atoms in total. The number of aromatic nitrogens is 1. The van der Waals surface area contributed by atoms with Crippen LogP contribution in [0.15, 0.2) is 35.5 Å². The molecule has 1 heterocycles. The maximum absolute atomic E-state index is 12.7. The second-order valence-corrected chi connectivity index (χ2v) is 6.57. The van der Waals surface area contributed by atoms with Gasteiger partial charge in [-0.15, -0.1) is 11.3 Å². The molecule has 0 aliphatic carbocycles. The second-order valence-electron chi connectivity index (χ2n) is 5.37. The summed E-state index contributed by atoms with van der Waals surface area (Å²) in [6, 6.07) is 5.26. The molecular formula is C17H21F3N4S. The number of halogens is 3. The predicted molar refractivity (Wildman–Crippen MR) is 94.8 cm³/mol. The number of aliphatic imine (C=N–C) groups is 1. The highest BCUT2D eigenvalue weighted by molar-refractivity contribution is 7.11. The van der Waals surface area contributed by atoms with Gasteiger partial charge in [0.1, 0.15) is 0 Å². The number of benzene rings is 1. The molecule has 1 aromatic carbocycles. The van der Waals surface area contributed by atoms with Crippen molar-refractivity contribution in [2.45, 2.75) is 32.5 Å². The minimum absolute atomic E-state index is 0.265. The summed E-state index contributed by atoms with van der Waals surface area (Å²) in [5.74, 6) is 0.546. The van der Waals surface area contributed by atoms with Crippen LogP contribution in [0.4, 0.5) is 13.2 Å². The largest absolute Gasteiger partial charge is 0.416 e. The van der Waals surface area contributed by atoms with Crippen LogP contribution < -0.4 is 10.6 Å². The van der Waals surface area contributed by atoms with Gasteiger partial charge < -0.3 is 10.6 Å². The van der Waals surface area contributed by atoms with Crippen molar-refractivity contribution in [3.63, 3.8) is 0 Å². The summed E-state index contributed by atoms with van der Waals surface area (Å²) in [6.07, 6.45) is -0.693. The molecule has 0 atom stereocenters. The molecule has 2 N–H and O–H groups in total. The normalized spacial score (nSPS) is 12.3. The number of alkyl halides is 3. The molecule has 0 saturated carbocycles. The fourth-order valence-electron chi connectivity index (χ4n) is 2.18. The van der Waals surface area contributed by atoms with E-state index in [1.165, 1.54) is 10.9 Å². The van der Waals surface area contributed by atoms with Gasteiger partial charge in [0.2, 0.25) is 0 Å². The molecule has 1 aromatic heterocycles. The van der Waals surface area contributed by atoms with Gasteiger partial charge in [-0.3, -0.25) is 4.99 Å². The molecular weight excluding hydrogens is 349 g/mol. The lowest BCUT2D eigenvalue weighted by atomic mass is 10.1. The molecule has 25 heavy (non-hydrogen) atoms. The van der Waals surface area contributed by atoms with Crippen LogP contribution in [0.25, 0.3) is 0 Å². The number of thiazole rings is 1. The van der Waals surface area contributed by atoms with Gasteiger partial charge in [-0.2, -0.15) is 13.2 Å². The Bertz CT molecular complexity index is 710. The van der Waals surface area contributed by atoms with Gasteiger partial charge in [-0.1, -0.05) is 19.1 Å². The van der Waals surface area contributed by atoms with Crippen molar-refractivity contribution >= 4 is 17.3 Å². The molecule has 0 aliphatic rings. The molecule has 0 amide bonds. The number of guanidine groups is 1. The monoisotopic (exact) mass is 370 g/mol. The number of aryl methyl sites for hydroxylation is 1. The average Bonchev–Trinajstić information content (AvgIpc) is 3.05. The van der Waals surface area contributed by atoms with Crippen molar-refractivity contribution in [3.8, 4) is 0 Å². The summed E-state index contributed by atoms with van der Waals surface area (Å²) in [5.41, 5.74) is -0.101. The van der Waals surface area contributed by atoms with Gasteiger partial charge in [-0.25, -0.2) is 4.98 Å². The molecule has 2 rings (SSSR count). The van der Waals surface area contributed by atoms with Crippen molar-refractivity contribution in [2.75, 3.05) is 13.6 Å². The Morgan fingerprint density at radius 1 is 1.28 bits per heavy atom. The Kier molecular flexibility index (Phi) is 6.81. The van der Waals surface area contributed by atoms with Crippen LogP contribution in [-0.2, 0) is 25.6 Å². The van der Waals surface area contributed by atoms with Crippen LogP contribution in [-0.4, -0.2) is 24.5 Å². The standard InChI is InChI=1S/C17H21F3N4S/c1-3-14-11-23-15(25-14)7-8-22-16(21-2)24-10-12-5-4-6-13(9-12)17(18,19)20/h4-6,9,11H,3,7-8,10H2,1-2H3,(H2,21,22,24). The zero-order chi connectivity index (χ0) is 18.3. The van der Waals surface area contributed by atoms with Gasteiger partial charge >= 0.3 is 6.18 Å². The summed E-state index contributed by atoms with van der Waals surface area (Å²) < 4.78 is 38.2. The van der Waals surface area contributed by atoms with E-state index in [-0.39, 0.29) is 6.54 Å². The Labute approximate surface area is 149 Å². The molecule has 0 aliphatic heterocycles. The highest BCUT2D eigenvalue weighted by Crippen LogP contribution is 2.29. The molecule has 0 bridgehead atoms. The van der Waals surface area contributed by atoms with E-state index in [1.54, 1.807) is 24.5 Å². The number of hydrogen-bond acceptors (Lipinski definition) is 3. The number of hydrogen-bond donors (Lipinski definition) is 2. The quantitative estimate of drug-likeness (QED) is 0.603. The van der Waals surface area contributed by atoms with Crippen LogP contribution >= 0.6 is 11.3 Å². The number of nitrogens with one attached hydrogen (secondary N) is 2. The lowest BCUT2D eigenvalue weighted by Crippen LogP contribution is -2.37. The van der Waals surface area contributed by atoms with E-state index >= 15 is 0 Å². The number of rotatable bonds is 6. The molecule has 0 saturated heterocycles. The van der Waals surface area contributed by atoms with E-state index in [2.05, 4.69) is 27.5 Å². The average molecular weight is 370 g/mol. The highest BCUT2D eigenvalue weighted by Gasteiger charge is 2.30. The lowest BCUT2D eigenvalue weighted by Gasteiger charge is -2.13. The maximum atomic E-state index is 12.7. The third kappa shape index (κ3) is 6.04. The van der Waals surface area contributed by atoms with Crippen molar-refractivity contribution < 1.29 is 13.2 Å². The van der Waals surface area contributed by atoms with Crippen LogP contribution in [0.2, 0.25) is 0 Å². The third-order valence-corrected chi connectivity index (χ3v) is 4.72. The first kappa shape index (κ1) is 19.2. The Balaban J connectivity index is 1.82. The minimum Gasteiger partial charge on any atom is -0.356 e. The fourth-order valence-corrected chi connectivity index (χ4v) is 3.04. The molecule has 136 valence electrons. The Hall–Kier alpha value is -2.09. The molecule has 0 fully saturated rings. The van der Waals surface area contributed by atoms with Crippen LogP contribution in [0.5, 0.6) is 0 Å². The first-order valence-corrected chi connectivity index (χ1v) is 8.78. The summed E-state index contributed by atoms with van der Waals surface area (Å²) in [4.78, 5) is 9.68. The topological polar surface area (TPSA) is 49.3 Å². The van der Waals surface area contributed by atoms with Gasteiger partial charge in [0.05, 0.1) is 10.6 Å². The fraction of sp³-hybridized carbons (Fsp3) is 0.412. The predicted octanol–water partition coefficient (Wildman–Crippen LogP) is 3.63. The van der Waals surface area contributed by atoms with E-state index in [0.717, 1.165) is 30.0 Å². The Morgan fingerprint density at radius 3 is 2.72 bits per heavy atom. The zero-order valence-corrected chi connectivity index (χ0v) is 15.0. The second kappa shape index (κ2) is 8.84. The summed E-state index contributed by atoms with van der Waals surface area (Å²) in [7, 11) is 1.63. The van der Waals surface area contributed by atoms with E-state index in [1.807, 2.05) is 6.20 Å². The van der Waals surface area contributed by atoms with Gasteiger partial charge in [0.15, 0.2) is 5.96 Å². The van der Waals surface area contributed by atoms with Crippen molar-refractivity contribution in [2.24, 2.45) is 4.99 Å². The molecule has 2 aromatic rings. The van der Waals surface area contributed by atoms with Gasteiger partial charge in [-0.05, 0) is 24.1 Å². The smallest absolute Gasteiger partial charge is 0.356 e. The number of nitrogens with zero attached hydrogens (tertiary/aromatic N) is 2. The van der Waals surface area contributed by atoms with E-state index in [9.17, 15) is 13.2 Å². The highest BCUT2D eigenvalue weighted by atomic mass is 32.1. The van der Waals surface area contributed by atoms with E-state index in [4.69, 9.17) is 0 Å². The third-order valence-electron chi connectivity index (χ3n) is 3.52. The molecule has 0 radical (unpaired) electrons. The maximum Gasteiger partial charge on any atom is 0.416 e. The summed E-state index contributed by atoms with van der Waals surface area (Å²) in [5, 5.41) is 7.22. The summed E-state index contributed by atoms with van der Waals surface area (Å²) >= 11 is 1.69. The van der Waals surface area contributed by atoms with Crippen molar-refractivity contribution in [1.29, 1.82) is 0 Å². The van der Waals surface area contributed by atoms with E-state index in [0.29, 0.717) is 18.1 Å². The van der Waals surface area contributed by atoms with Crippen LogP contribution in [0, 0.1) is 0 Å². The minimum atomic E-state index is -4.33. The SMILES string of the molecule is CCc1cnc(CCNC(=NC)NCc2cccc(C(F)(F)F)c2)s1. The molecule has 0 spiro atoms. The molecule has 8 heteroatoms. The first-order chi connectivity index (χ1) is 11.9. The lowest BCUT2D eigenvalue weighted by molar-refractivity contribution is -0.137. The Morgan fingerprint density at radius 2 is 2.08 bits per heavy atom. The zero-order valence-electron chi connectivity index (χ0n) is 14.2. The van der Waals surface area contributed by atoms with Gasteiger partial charge in [0.25, 0.3) is 0 Å². The van der Waals surface area contributed by atoms with Gasteiger partial charge in [0, 0.05) is 37.6 Å². The first-order valence-electron chi connectivity index (χ1n) is 7.96. The van der Waals surface area contributed by atoms with Crippen molar-refractivity contribution in [1.82, 2.24) is 15.6 Å².